The lowest BCUT2D eigenvalue weighted by Gasteiger charge is -2.21. The molecule has 3 N–H and O–H groups in total. The van der Waals surface area contributed by atoms with Crippen molar-refractivity contribution in [3.8, 4) is 0 Å². The lowest BCUT2D eigenvalue weighted by Crippen LogP contribution is -2.40. The summed E-state index contributed by atoms with van der Waals surface area (Å²) in [4.78, 5) is 23.5. The molecule has 0 aliphatic carbocycles. The molecule has 2 heterocycles. The number of pyridine rings is 1. The molecule has 26 heavy (non-hydrogen) atoms. The number of guanidine groups is 1. The number of carbonyl (C=O) groups excluding carboxylic acids is 1. The summed E-state index contributed by atoms with van der Waals surface area (Å²) < 4.78 is 0. The SMILES string of the molecule is CCNC(=NCC1CCCN1CC)NCCC(=O)Nc1cccc(C)n1. The zero-order valence-electron chi connectivity index (χ0n) is 16.2. The van der Waals surface area contributed by atoms with Crippen LogP contribution in [0.3, 0.4) is 0 Å². The summed E-state index contributed by atoms with van der Waals surface area (Å²) in [6.45, 7) is 10.5. The van der Waals surface area contributed by atoms with Crippen LogP contribution in [0, 0.1) is 6.92 Å². The van der Waals surface area contributed by atoms with Crippen molar-refractivity contribution in [3.63, 3.8) is 0 Å². The summed E-state index contributed by atoms with van der Waals surface area (Å²) in [5.41, 5.74) is 0.885. The molecule has 0 aromatic carbocycles. The molecular weight excluding hydrogens is 328 g/mol. The van der Waals surface area contributed by atoms with E-state index in [1.54, 1.807) is 6.07 Å². The fourth-order valence-electron chi connectivity index (χ4n) is 3.17. The first-order valence-electron chi connectivity index (χ1n) is 9.62. The molecule has 1 saturated heterocycles. The standard InChI is InChI=1S/C19H32N6O/c1-4-20-19(22-14-16-9-7-13-25(16)5-2)21-12-11-18(26)24-17-10-6-8-15(3)23-17/h6,8,10,16H,4-5,7,9,11-14H2,1-3H3,(H2,20,21,22)(H,23,24,26). The summed E-state index contributed by atoms with van der Waals surface area (Å²) in [6, 6.07) is 6.12. The monoisotopic (exact) mass is 360 g/mol. The Balaban J connectivity index is 1.76. The Hall–Kier alpha value is -2.15. The predicted molar refractivity (Wildman–Crippen MR) is 106 cm³/mol. The van der Waals surface area contributed by atoms with Gasteiger partial charge in [-0.05, 0) is 51.9 Å². The highest BCUT2D eigenvalue weighted by Gasteiger charge is 2.22. The Morgan fingerprint density at radius 2 is 2.19 bits per heavy atom. The number of aryl methyl sites for hydroxylation is 1. The van der Waals surface area contributed by atoms with Gasteiger partial charge in [-0.15, -0.1) is 0 Å². The Bertz CT molecular complexity index is 603. The number of nitrogens with zero attached hydrogens (tertiary/aromatic N) is 3. The van der Waals surface area contributed by atoms with Crippen LogP contribution in [0.15, 0.2) is 23.2 Å². The van der Waals surface area contributed by atoms with Gasteiger partial charge in [-0.2, -0.15) is 0 Å². The number of carbonyl (C=O) groups is 1. The molecular formula is C19H32N6O. The van der Waals surface area contributed by atoms with Crippen LogP contribution in [-0.4, -0.2) is 60.5 Å². The van der Waals surface area contributed by atoms with Crippen LogP contribution < -0.4 is 16.0 Å². The number of aromatic nitrogens is 1. The minimum absolute atomic E-state index is 0.0561. The minimum atomic E-state index is -0.0561. The molecule has 1 aliphatic heterocycles. The van der Waals surface area contributed by atoms with Crippen molar-refractivity contribution in [2.75, 3.05) is 38.0 Å². The second-order valence-corrected chi connectivity index (χ2v) is 6.53. The fourth-order valence-corrected chi connectivity index (χ4v) is 3.17. The van der Waals surface area contributed by atoms with Crippen molar-refractivity contribution in [1.82, 2.24) is 20.5 Å². The predicted octanol–water partition coefficient (Wildman–Crippen LogP) is 1.76. The van der Waals surface area contributed by atoms with Gasteiger partial charge >= 0.3 is 0 Å². The molecule has 7 nitrogen and oxygen atoms in total. The first-order valence-corrected chi connectivity index (χ1v) is 9.62. The average Bonchev–Trinajstić information content (AvgIpc) is 3.07. The molecule has 2 rings (SSSR count). The van der Waals surface area contributed by atoms with Gasteiger partial charge in [-0.3, -0.25) is 14.7 Å². The third kappa shape index (κ3) is 6.63. The van der Waals surface area contributed by atoms with E-state index in [0.29, 0.717) is 24.8 Å². The highest BCUT2D eigenvalue weighted by Crippen LogP contribution is 2.16. The minimum Gasteiger partial charge on any atom is -0.357 e. The number of amides is 1. The topological polar surface area (TPSA) is 81.7 Å². The lowest BCUT2D eigenvalue weighted by molar-refractivity contribution is -0.116. The van der Waals surface area contributed by atoms with E-state index in [1.165, 1.54) is 19.4 Å². The van der Waals surface area contributed by atoms with Crippen LogP contribution in [0.2, 0.25) is 0 Å². The van der Waals surface area contributed by atoms with Crippen molar-refractivity contribution in [2.24, 2.45) is 4.99 Å². The second kappa shape index (κ2) is 10.8. The molecule has 0 radical (unpaired) electrons. The van der Waals surface area contributed by atoms with Crippen molar-refractivity contribution < 1.29 is 4.79 Å². The first-order chi connectivity index (χ1) is 12.6. The van der Waals surface area contributed by atoms with Crippen LogP contribution in [0.5, 0.6) is 0 Å². The van der Waals surface area contributed by atoms with E-state index in [2.05, 4.69) is 32.8 Å². The van der Waals surface area contributed by atoms with E-state index in [1.807, 2.05) is 26.0 Å². The van der Waals surface area contributed by atoms with Crippen molar-refractivity contribution in [2.45, 2.75) is 46.1 Å². The van der Waals surface area contributed by atoms with Crippen LogP contribution >= 0.6 is 0 Å². The second-order valence-electron chi connectivity index (χ2n) is 6.53. The third-order valence-electron chi connectivity index (χ3n) is 4.51. The Morgan fingerprint density at radius 3 is 2.92 bits per heavy atom. The van der Waals surface area contributed by atoms with E-state index >= 15 is 0 Å². The summed E-state index contributed by atoms with van der Waals surface area (Å²) in [6.07, 6.45) is 2.83. The molecule has 144 valence electrons. The molecule has 1 aromatic rings. The lowest BCUT2D eigenvalue weighted by atomic mass is 10.2. The number of aliphatic imine (C=N–C) groups is 1. The number of likely N-dealkylation sites (N-methyl/N-ethyl adjacent to an activating group) is 1. The van der Waals surface area contributed by atoms with Gasteiger partial charge in [-0.1, -0.05) is 13.0 Å². The number of anilines is 1. The maximum absolute atomic E-state index is 12.1. The van der Waals surface area contributed by atoms with Gasteiger partial charge < -0.3 is 16.0 Å². The molecule has 1 fully saturated rings. The number of likely N-dealkylation sites (tertiary alicyclic amines) is 1. The summed E-state index contributed by atoms with van der Waals surface area (Å²) in [7, 11) is 0. The van der Waals surface area contributed by atoms with Gasteiger partial charge in [0.05, 0.1) is 6.54 Å². The number of hydrogen-bond donors (Lipinski definition) is 3. The van der Waals surface area contributed by atoms with E-state index < -0.39 is 0 Å². The van der Waals surface area contributed by atoms with Gasteiger partial charge in [0.15, 0.2) is 5.96 Å². The maximum Gasteiger partial charge on any atom is 0.227 e. The molecule has 1 aromatic heterocycles. The third-order valence-corrected chi connectivity index (χ3v) is 4.51. The highest BCUT2D eigenvalue weighted by atomic mass is 16.1. The number of nitrogens with one attached hydrogen (secondary N) is 3. The Morgan fingerprint density at radius 1 is 1.35 bits per heavy atom. The number of hydrogen-bond acceptors (Lipinski definition) is 4. The Labute approximate surface area is 156 Å². The molecule has 1 unspecified atom stereocenters. The average molecular weight is 361 g/mol. The molecule has 0 bridgehead atoms. The zero-order chi connectivity index (χ0) is 18.8. The van der Waals surface area contributed by atoms with Gasteiger partial charge in [0.1, 0.15) is 5.82 Å². The maximum atomic E-state index is 12.1. The van der Waals surface area contributed by atoms with Crippen molar-refractivity contribution in [3.05, 3.63) is 23.9 Å². The Kier molecular flexibility index (Phi) is 8.34. The van der Waals surface area contributed by atoms with Crippen molar-refractivity contribution in [1.29, 1.82) is 0 Å². The molecule has 1 atom stereocenters. The largest absolute Gasteiger partial charge is 0.357 e. The smallest absolute Gasteiger partial charge is 0.227 e. The van der Waals surface area contributed by atoms with E-state index in [4.69, 9.17) is 4.99 Å². The van der Waals surface area contributed by atoms with Crippen LogP contribution in [0.1, 0.15) is 38.8 Å². The summed E-state index contributed by atoms with van der Waals surface area (Å²) in [5, 5.41) is 9.31. The van der Waals surface area contributed by atoms with Gasteiger partial charge in [0, 0.05) is 31.2 Å². The summed E-state index contributed by atoms with van der Waals surface area (Å²) in [5.74, 6) is 1.31. The van der Waals surface area contributed by atoms with Crippen molar-refractivity contribution >= 4 is 17.7 Å². The van der Waals surface area contributed by atoms with Gasteiger partial charge in [-0.25, -0.2) is 4.98 Å². The molecule has 7 heteroatoms. The zero-order valence-corrected chi connectivity index (χ0v) is 16.2. The normalized spacial score (nSPS) is 18.0. The quantitative estimate of drug-likeness (QED) is 0.486. The van der Waals surface area contributed by atoms with E-state index in [0.717, 1.165) is 31.3 Å². The molecule has 0 spiro atoms. The van der Waals surface area contributed by atoms with Crippen LogP contribution in [0.4, 0.5) is 5.82 Å². The van der Waals surface area contributed by atoms with E-state index in [9.17, 15) is 4.79 Å². The van der Waals surface area contributed by atoms with Gasteiger partial charge in [0.2, 0.25) is 5.91 Å². The molecule has 1 amide bonds. The van der Waals surface area contributed by atoms with Gasteiger partial charge in [0.25, 0.3) is 0 Å². The van der Waals surface area contributed by atoms with Crippen LogP contribution in [0.25, 0.3) is 0 Å². The highest BCUT2D eigenvalue weighted by molar-refractivity contribution is 5.90. The fraction of sp³-hybridized carbons (Fsp3) is 0.632. The molecule has 0 saturated carbocycles. The summed E-state index contributed by atoms with van der Waals surface area (Å²) >= 11 is 0. The first kappa shape index (κ1) is 20.2. The van der Waals surface area contributed by atoms with E-state index in [-0.39, 0.29) is 5.91 Å². The van der Waals surface area contributed by atoms with Crippen LogP contribution in [-0.2, 0) is 4.79 Å². The number of rotatable bonds is 8. The molecule has 1 aliphatic rings.